The average molecular weight is 570 g/mol. The summed E-state index contributed by atoms with van der Waals surface area (Å²) in [5.74, 6) is -3.67. The van der Waals surface area contributed by atoms with E-state index >= 15 is 0 Å². The molecule has 1 aliphatic rings. The Kier molecular flexibility index (Phi) is 12.7. The van der Waals surface area contributed by atoms with Gasteiger partial charge in [0.1, 0.15) is 0 Å². The predicted molar refractivity (Wildman–Crippen MR) is 131 cm³/mol. The summed E-state index contributed by atoms with van der Waals surface area (Å²) in [4.78, 5) is 60.2. The molecule has 1 amide bonds. The van der Waals surface area contributed by atoms with Crippen molar-refractivity contribution in [1.82, 2.24) is 5.32 Å². The van der Waals surface area contributed by atoms with Crippen LogP contribution in [0, 0.1) is 16.7 Å². The smallest absolute Gasteiger partial charge is 0.469 e. The highest BCUT2D eigenvalue weighted by Gasteiger charge is 2.49. The van der Waals surface area contributed by atoms with Crippen LogP contribution in [0.15, 0.2) is 0 Å². The van der Waals surface area contributed by atoms with Crippen molar-refractivity contribution < 1.29 is 56.3 Å². The molecule has 1 N–H and O–H groups in total. The van der Waals surface area contributed by atoms with Crippen LogP contribution < -0.4 is 5.32 Å². The van der Waals surface area contributed by atoms with Crippen molar-refractivity contribution in [2.75, 3.05) is 39.9 Å². The molecular weight excluding hydrogens is 533 g/mol. The van der Waals surface area contributed by atoms with Gasteiger partial charge in [-0.15, -0.1) is 0 Å². The summed E-state index contributed by atoms with van der Waals surface area (Å²) >= 11 is 0.907. The maximum Gasteiger partial charge on any atom is 0.478 e. The molecule has 1 fully saturated rings. The van der Waals surface area contributed by atoms with E-state index in [1.807, 2.05) is 0 Å². The number of nitrogens with one attached hydrogen (secondary N) is 1. The number of esters is 3. The van der Waals surface area contributed by atoms with Crippen molar-refractivity contribution in [3.05, 3.63) is 0 Å². The van der Waals surface area contributed by atoms with E-state index in [2.05, 4.69) is 10.1 Å². The second-order valence-corrected chi connectivity index (χ2v) is 12.5. The Balaban J connectivity index is 2.65. The number of phosphoric acid groups is 1. The second-order valence-electron chi connectivity index (χ2n) is 9.85. The van der Waals surface area contributed by atoms with E-state index in [1.54, 1.807) is 34.6 Å². The van der Waals surface area contributed by atoms with Crippen LogP contribution in [0.4, 0.5) is 0 Å². The lowest BCUT2D eigenvalue weighted by Gasteiger charge is -2.39. The molecule has 0 aliphatic carbocycles. The predicted octanol–water partition coefficient (Wildman–Crippen LogP) is 2.22. The number of hydrogen-bond donors (Lipinski definition) is 1. The van der Waals surface area contributed by atoms with Crippen LogP contribution in [0.2, 0.25) is 0 Å². The van der Waals surface area contributed by atoms with Gasteiger partial charge >= 0.3 is 25.7 Å². The van der Waals surface area contributed by atoms with Crippen molar-refractivity contribution in [3.63, 3.8) is 0 Å². The lowest BCUT2D eigenvalue weighted by molar-refractivity contribution is -0.159. The van der Waals surface area contributed by atoms with Crippen molar-refractivity contribution >= 4 is 48.5 Å². The molecule has 1 saturated heterocycles. The summed E-state index contributed by atoms with van der Waals surface area (Å²) < 4.78 is 42.5. The van der Waals surface area contributed by atoms with Crippen LogP contribution in [-0.4, -0.2) is 75.0 Å². The van der Waals surface area contributed by atoms with Crippen LogP contribution in [0.5, 0.6) is 0 Å². The van der Waals surface area contributed by atoms with E-state index in [0.717, 1.165) is 18.9 Å². The molecule has 0 aromatic heterocycles. The molecule has 1 rings (SSSR count). The molecule has 37 heavy (non-hydrogen) atoms. The van der Waals surface area contributed by atoms with Crippen molar-refractivity contribution in [2.45, 2.75) is 53.6 Å². The van der Waals surface area contributed by atoms with Crippen LogP contribution in [-0.2, 0) is 56.3 Å². The summed E-state index contributed by atoms with van der Waals surface area (Å²) in [5, 5.41) is 2.34. The summed E-state index contributed by atoms with van der Waals surface area (Å²) in [6.07, 6.45) is -1.72. The van der Waals surface area contributed by atoms with Gasteiger partial charge in [0, 0.05) is 23.1 Å². The molecule has 1 heterocycles. The zero-order chi connectivity index (χ0) is 28.4. The summed E-state index contributed by atoms with van der Waals surface area (Å²) in [7, 11) is -1.91. The monoisotopic (exact) mass is 569 g/mol. The number of carbonyl (C=O) groups excluding carboxylic acids is 5. The number of thioether (sulfide) groups is 1. The third-order valence-corrected chi connectivity index (χ3v) is 7.82. The molecular formula is C22H36NO12PS. The van der Waals surface area contributed by atoms with Gasteiger partial charge in [0.25, 0.3) is 0 Å². The normalized spacial score (nSPS) is 21.9. The standard InChI is InChI=1S/C22H36NO12PS/c1-21(2,3)20(28)37-11-14(19(27)31-7)10-16(25)32-13-34-36(29)33-12-22(4,5)17(35-36)18(26)23-9-8-15(24)30-6/h14,17H,8-13H2,1-7H3,(H,23,26)/t14-,17-,36?/m0/s1. The third kappa shape index (κ3) is 11.1. The van der Waals surface area contributed by atoms with E-state index < -0.39 is 67.7 Å². The van der Waals surface area contributed by atoms with Gasteiger partial charge in [-0.2, -0.15) is 0 Å². The lowest BCUT2D eigenvalue weighted by atomic mass is 9.87. The highest BCUT2D eigenvalue weighted by molar-refractivity contribution is 8.13. The van der Waals surface area contributed by atoms with Gasteiger partial charge in [0.2, 0.25) is 12.7 Å². The fraction of sp³-hybridized carbons (Fsp3) is 0.773. The molecule has 13 nitrogen and oxygen atoms in total. The molecule has 15 heteroatoms. The summed E-state index contributed by atoms with van der Waals surface area (Å²) in [6.45, 7) is 7.47. The molecule has 3 atom stereocenters. The molecule has 1 unspecified atom stereocenters. The van der Waals surface area contributed by atoms with Gasteiger partial charge in [-0.05, 0) is 0 Å². The Morgan fingerprint density at radius 2 is 1.76 bits per heavy atom. The van der Waals surface area contributed by atoms with Crippen molar-refractivity contribution in [3.8, 4) is 0 Å². The highest BCUT2D eigenvalue weighted by atomic mass is 32.2. The third-order valence-electron chi connectivity index (χ3n) is 5.04. The number of methoxy groups -OCH3 is 2. The Hall–Kier alpha value is -1.99. The van der Waals surface area contributed by atoms with Crippen LogP contribution in [0.3, 0.4) is 0 Å². The lowest BCUT2D eigenvalue weighted by Crippen LogP contribution is -2.50. The van der Waals surface area contributed by atoms with Gasteiger partial charge in [0.15, 0.2) is 11.2 Å². The number of carbonyl (C=O) groups is 5. The maximum absolute atomic E-state index is 12.9. The second kappa shape index (κ2) is 14.2. The van der Waals surface area contributed by atoms with Gasteiger partial charge in [0.05, 0.1) is 39.6 Å². The zero-order valence-electron chi connectivity index (χ0n) is 22.2. The Morgan fingerprint density at radius 3 is 2.32 bits per heavy atom. The largest absolute Gasteiger partial charge is 0.478 e. The van der Waals surface area contributed by atoms with E-state index in [4.69, 9.17) is 23.0 Å². The number of hydrogen-bond acceptors (Lipinski definition) is 13. The zero-order valence-corrected chi connectivity index (χ0v) is 23.9. The minimum absolute atomic E-state index is 0.00526. The average Bonchev–Trinajstić information content (AvgIpc) is 2.81. The molecule has 0 aromatic rings. The fourth-order valence-electron chi connectivity index (χ4n) is 2.76. The van der Waals surface area contributed by atoms with E-state index in [0.29, 0.717) is 0 Å². The van der Waals surface area contributed by atoms with Gasteiger partial charge in [-0.3, -0.25) is 33.0 Å². The van der Waals surface area contributed by atoms with E-state index in [9.17, 15) is 28.5 Å². The fourth-order valence-corrected chi connectivity index (χ4v) is 5.31. The first-order valence-electron chi connectivity index (χ1n) is 11.4. The Labute approximate surface area is 220 Å². The maximum atomic E-state index is 12.9. The minimum atomic E-state index is -4.29. The first-order chi connectivity index (χ1) is 17.0. The topological polar surface area (TPSA) is 170 Å². The quantitative estimate of drug-likeness (QED) is 0.157. The molecule has 212 valence electrons. The molecule has 0 radical (unpaired) electrons. The molecule has 0 saturated carbocycles. The highest BCUT2D eigenvalue weighted by Crippen LogP contribution is 2.57. The van der Waals surface area contributed by atoms with Gasteiger partial charge in [-0.1, -0.05) is 46.4 Å². The van der Waals surface area contributed by atoms with Crippen molar-refractivity contribution in [2.24, 2.45) is 16.7 Å². The number of phosphoric ester groups is 1. The first-order valence-corrected chi connectivity index (χ1v) is 13.8. The molecule has 0 aromatic carbocycles. The van der Waals surface area contributed by atoms with Crippen LogP contribution in [0.1, 0.15) is 47.5 Å². The van der Waals surface area contributed by atoms with E-state index in [-0.39, 0.29) is 30.4 Å². The number of amides is 1. The van der Waals surface area contributed by atoms with Gasteiger partial charge in [-0.25, -0.2) is 9.09 Å². The van der Waals surface area contributed by atoms with Crippen molar-refractivity contribution in [1.29, 1.82) is 0 Å². The summed E-state index contributed by atoms with van der Waals surface area (Å²) in [5.41, 5.74) is -1.52. The van der Waals surface area contributed by atoms with Gasteiger partial charge < -0.3 is 19.5 Å². The Morgan fingerprint density at radius 1 is 1.11 bits per heavy atom. The molecule has 0 spiro atoms. The van der Waals surface area contributed by atoms with E-state index in [1.165, 1.54) is 7.11 Å². The number of rotatable bonds is 12. The first kappa shape index (κ1) is 33.0. The molecule has 1 aliphatic heterocycles. The number of ether oxygens (including phenoxy) is 3. The minimum Gasteiger partial charge on any atom is -0.469 e. The molecule has 0 bridgehead atoms. The van der Waals surface area contributed by atoms with Crippen LogP contribution in [0.25, 0.3) is 0 Å². The summed E-state index contributed by atoms with van der Waals surface area (Å²) in [6, 6.07) is 0. The Bertz CT molecular complexity index is 901. The van der Waals surface area contributed by atoms with Crippen LogP contribution >= 0.6 is 19.6 Å². The SMILES string of the molecule is COC(=O)CCNC(=O)[C@@H]1OP(=O)(OCOC(=O)C[C@@H](CSC(=O)C(C)(C)C)C(=O)OC)OCC1(C)C.